The number of amides is 2. The quantitative estimate of drug-likeness (QED) is 0.624. The van der Waals surface area contributed by atoms with E-state index in [4.69, 9.17) is 0 Å². The highest BCUT2D eigenvalue weighted by atomic mass is 32.1. The predicted molar refractivity (Wildman–Crippen MR) is 114 cm³/mol. The zero-order chi connectivity index (χ0) is 20.4. The molecule has 1 aliphatic rings. The Labute approximate surface area is 173 Å². The second-order valence-electron chi connectivity index (χ2n) is 7.59. The first kappa shape index (κ1) is 19.6. The van der Waals surface area contributed by atoms with E-state index < -0.39 is 0 Å². The Morgan fingerprint density at radius 3 is 3.03 bits per heavy atom. The third-order valence-electron chi connectivity index (χ3n) is 5.32. The number of nitrogens with one attached hydrogen (secondary N) is 2. The summed E-state index contributed by atoms with van der Waals surface area (Å²) in [6.45, 7) is 5.22. The van der Waals surface area contributed by atoms with E-state index in [1.54, 1.807) is 4.90 Å². The monoisotopic (exact) mass is 411 g/mol. The molecule has 29 heavy (non-hydrogen) atoms. The van der Waals surface area contributed by atoms with Crippen LogP contribution in [0.1, 0.15) is 35.9 Å². The van der Waals surface area contributed by atoms with Gasteiger partial charge in [0.2, 0.25) is 16.9 Å². The van der Waals surface area contributed by atoms with Crippen molar-refractivity contribution in [3.8, 4) is 0 Å². The minimum Gasteiger partial charge on any atom is -0.361 e. The number of carbonyl (C=O) groups is 2. The molecular formula is C21H25N5O2S. The molecule has 0 bridgehead atoms. The molecule has 1 aliphatic heterocycles. The summed E-state index contributed by atoms with van der Waals surface area (Å²) in [5, 5.41) is 13.6. The van der Waals surface area contributed by atoms with E-state index in [2.05, 4.69) is 52.5 Å². The first-order valence-corrected chi connectivity index (χ1v) is 10.8. The molecule has 0 spiro atoms. The van der Waals surface area contributed by atoms with E-state index in [9.17, 15) is 9.59 Å². The Bertz CT molecular complexity index is 1040. The van der Waals surface area contributed by atoms with Crippen LogP contribution < -0.4 is 5.32 Å². The summed E-state index contributed by atoms with van der Waals surface area (Å²) in [4.78, 5) is 30.1. The van der Waals surface area contributed by atoms with Gasteiger partial charge in [0.1, 0.15) is 5.01 Å². The van der Waals surface area contributed by atoms with Crippen LogP contribution in [-0.2, 0) is 22.4 Å². The summed E-state index contributed by atoms with van der Waals surface area (Å²) >= 11 is 1.40. The van der Waals surface area contributed by atoms with Crippen LogP contribution in [0.25, 0.3) is 10.9 Å². The van der Waals surface area contributed by atoms with Gasteiger partial charge in [-0.15, -0.1) is 10.2 Å². The molecule has 2 aromatic heterocycles. The van der Waals surface area contributed by atoms with E-state index in [1.165, 1.54) is 27.8 Å². The average Bonchev–Trinajstić information content (AvgIpc) is 3.39. The molecule has 0 unspecified atom stereocenters. The maximum atomic E-state index is 12.6. The third-order valence-corrected chi connectivity index (χ3v) is 6.22. The lowest BCUT2D eigenvalue weighted by molar-refractivity contribution is -0.128. The van der Waals surface area contributed by atoms with E-state index in [0.717, 1.165) is 29.8 Å². The number of aryl methyl sites for hydroxylation is 2. The van der Waals surface area contributed by atoms with Gasteiger partial charge in [0, 0.05) is 43.0 Å². The largest absolute Gasteiger partial charge is 0.361 e. The highest BCUT2D eigenvalue weighted by Crippen LogP contribution is 2.24. The van der Waals surface area contributed by atoms with Crippen LogP contribution in [0, 0.1) is 12.8 Å². The predicted octanol–water partition coefficient (Wildman–Crippen LogP) is 3.31. The molecule has 152 valence electrons. The topological polar surface area (TPSA) is 91.0 Å². The Morgan fingerprint density at radius 2 is 2.21 bits per heavy atom. The van der Waals surface area contributed by atoms with Crippen molar-refractivity contribution in [1.29, 1.82) is 0 Å². The van der Waals surface area contributed by atoms with Crippen LogP contribution in [-0.4, -0.2) is 45.0 Å². The van der Waals surface area contributed by atoms with Crippen LogP contribution >= 0.6 is 11.3 Å². The van der Waals surface area contributed by atoms with E-state index in [1.807, 2.05) is 6.20 Å². The molecule has 1 saturated heterocycles. The number of hydrogen-bond donors (Lipinski definition) is 2. The number of likely N-dealkylation sites (tertiary alicyclic amines) is 1. The Morgan fingerprint density at radius 1 is 1.34 bits per heavy atom. The molecule has 7 nitrogen and oxygen atoms in total. The van der Waals surface area contributed by atoms with Gasteiger partial charge in [0.15, 0.2) is 0 Å². The molecule has 8 heteroatoms. The van der Waals surface area contributed by atoms with Crippen molar-refractivity contribution in [2.75, 3.05) is 18.4 Å². The number of rotatable bonds is 7. The first-order chi connectivity index (χ1) is 14.0. The lowest BCUT2D eigenvalue weighted by Gasteiger charge is -2.16. The van der Waals surface area contributed by atoms with Crippen molar-refractivity contribution in [2.45, 2.75) is 39.5 Å². The Hall–Kier alpha value is -2.74. The Kier molecular flexibility index (Phi) is 5.62. The van der Waals surface area contributed by atoms with Crippen molar-refractivity contribution >= 4 is 39.2 Å². The third kappa shape index (κ3) is 4.32. The molecule has 1 atom stereocenters. The summed E-state index contributed by atoms with van der Waals surface area (Å²) in [7, 11) is 0. The van der Waals surface area contributed by atoms with Gasteiger partial charge < -0.3 is 15.2 Å². The number of nitrogens with zero attached hydrogens (tertiary/aromatic N) is 3. The fraction of sp³-hybridized carbons (Fsp3) is 0.429. The van der Waals surface area contributed by atoms with Crippen molar-refractivity contribution in [3.63, 3.8) is 0 Å². The number of fused-ring (bicyclic) bond motifs is 1. The number of benzene rings is 1. The fourth-order valence-electron chi connectivity index (χ4n) is 3.74. The number of aromatic amines is 1. The number of H-pyrrole nitrogens is 1. The molecule has 2 N–H and O–H groups in total. The molecule has 3 heterocycles. The van der Waals surface area contributed by atoms with Crippen molar-refractivity contribution in [2.24, 2.45) is 5.92 Å². The van der Waals surface area contributed by atoms with Gasteiger partial charge in [-0.2, -0.15) is 0 Å². The van der Waals surface area contributed by atoms with E-state index >= 15 is 0 Å². The molecule has 3 aromatic rings. The molecule has 2 amide bonds. The van der Waals surface area contributed by atoms with Crippen molar-refractivity contribution in [3.05, 3.63) is 40.5 Å². The maximum absolute atomic E-state index is 12.6. The number of anilines is 1. The zero-order valence-electron chi connectivity index (χ0n) is 16.7. The van der Waals surface area contributed by atoms with Gasteiger partial charge in [0.05, 0.1) is 5.92 Å². The van der Waals surface area contributed by atoms with Gasteiger partial charge in [-0.3, -0.25) is 9.59 Å². The van der Waals surface area contributed by atoms with Gasteiger partial charge in [0.25, 0.3) is 0 Å². The summed E-state index contributed by atoms with van der Waals surface area (Å²) in [5.41, 5.74) is 3.52. The highest BCUT2D eigenvalue weighted by molar-refractivity contribution is 7.15. The van der Waals surface area contributed by atoms with Gasteiger partial charge in [-0.25, -0.2) is 0 Å². The van der Waals surface area contributed by atoms with Crippen LogP contribution in [0.5, 0.6) is 0 Å². The minimum atomic E-state index is -0.341. The van der Waals surface area contributed by atoms with Gasteiger partial charge in [-0.05, 0) is 37.5 Å². The second-order valence-corrected chi connectivity index (χ2v) is 8.66. The smallest absolute Gasteiger partial charge is 0.231 e. The lowest BCUT2D eigenvalue weighted by Crippen LogP contribution is -2.30. The summed E-state index contributed by atoms with van der Waals surface area (Å²) in [5.74, 6) is -0.459. The normalized spacial score (nSPS) is 16.7. The summed E-state index contributed by atoms with van der Waals surface area (Å²) < 4.78 is 0. The van der Waals surface area contributed by atoms with Crippen LogP contribution in [0.4, 0.5) is 5.13 Å². The van der Waals surface area contributed by atoms with Crippen LogP contribution in [0.3, 0.4) is 0 Å². The Balaban J connectivity index is 1.34. The lowest BCUT2D eigenvalue weighted by atomic mass is 10.1. The van der Waals surface area contributed by atoms with Crippen LogP contribution in [0.15, 0.2) is 24.4 Å². The molecule has 1 fully saturated rings. The van der Waals surface area contributed by atoms with Gasteiger partial charge >= 0.3 is 0 Å². The molecule has 0 radical (unpaired) electrons. The zero-order valence-corrected chi connectivity index (χ0v) is 17.5. The molecular weight excluding hydrogens is 386 g/mol. The summed E-state index contributed by atoms with van der Waals surface area (Å²) in [6, 6.07) is 6.33. The number of aromatic nitrogens is 3. The van der Waals surface area contributed by atoms with Crippen molar-refractivity contribution < 1.29 is 9.59 Å². The molecule has 0 aliphatic carbocycles. The fourth-order valence-corrected chi connectivity index (χ4v) is 4.59. The summed E-state index contributed by atoms with van der Waals surface area (Å²) in [6.07, 6.45) is 4.87. The molecule has 1 aromatic carbocycles. The SMILES string of the molecule is CCCc1nnc(NC(=O)[C@@H]2CC(=O)N(CCc3c[nH]c4ccc(C)cc34)C2)s1. The molecule has 4 rings (SSSR count). The van der Waals surface area contributed by atoms with Crippen molar-refractivity contribution in [1.82, 2.24) is 20.1 Å². The standard InChI is InChI=1S/C21H25N5O2S/c1-3-4-18-24-25-21(29-18)23-20(28)15-10-19(27)26(12-15)8-7-14-11-22-17-6-5-13(2)9-16(14)17/h5-6,9,11,15,22H,3-4,7-8,10,12H2,1-2H3,(H,23,25,28)/t15-/m1/s1. The average molecular weight is 412 g/mol. The van der Waals surface area contributed by atoms with E-state index in [0.29, 0.717) is 18.2 Å². The van der Waals surface area contributed by atoms with E-state index in [-0.39, 0.29) is 24.2 Å². The molecule has 0 saturated carbocycles. The number of hydrogen-bond acceptors (Lipinski definition) is 5. The maximum Gasteiger partial charge on any atom is 0.231 e. The second kappa shape index (κ2) is 8.32. The first-order valence-electron chi connectivity index (χ1n) is 10.0. The minimum absolute atomic E-state index is 0.0325. The number of carbonyl (C=O) groups excluding carboxylic acids is 2. The van der Waals surface area contributed by atoms with Gasteiger partial charge in [-0.1, -0.05) is 29.9 Å². The highest BCUT2D eigenvalue weighted by Gasteiger charge is 2.34. The van der Waals surface area contributed by atoms with Crippen LogP contribution in [0.2, 0.25) is 0 Å².